The maximum absolute atomic E-state index is 7.53. The first-order valence-corrected chi connectivity index (χ1v) is 3.65. The van der Waals surface area contributed by atoms with E-state index in [0.717, 1.165) is 12.3 Å². The fourth-order valence-electron chi connectivity index (χ4n) is 0.617. The quantitative estimate of drug-likeness (QED) is 0.658. The Balaban J connectivity index is 3.82. The molecule has 60 valence electrons. The second-order valence-electron chi connectivity index (χ2n) is 2.14. The fourth-order valence-corrected chi connectivity index (χ4v) is 0.982. The number of pyridine rings is 1. The van der Waals surface area contributed by atoms with Gasteiger partial charge in [-0.2, -0.15) is 0 Å². The zero-order valence-corrected chi connectivity index (χ0v) is 7.14. The second-order valence-corrected chi connectivity index (χ2v) is 3.06. The summed E-state index contributed by atoms with van der Waals surface area (Å²) in [7, 11) is 0. The van der Waals surface area contributed by atoms with E-state index in [4.69, 9.17) is 12.3 Å². The first-order valence-electron chi connectivity index (χ1n) is 7.36. The van der Waals surface area contributed by atoms with E-state index in [1.54, 1.807) is 0 Å². The molecule has 1 aromatic heterocycles. The summed E-state index contributed by atoms with van der Waals surface area (Å²) in [5.74, 6) is 0. The van der Waals surface area contributed by atoms with Gasteiger partial charge in [-0.15, -0.1) is 0 Å². The summed E-state index contributed by atoms with van der Waals surface area (Å²) in [5, 5.41) is 0. The molecule has 0 N–H and O–H groups in total. The first kappa shape index (κ1) is 2.56. The van der Waals surface area contributed by atoms with Crippen molar-refractivity contribution in [3.63, 3.8) is 0 Å². The summed E-state index contributed by atoms with van der Waals surface area (Å²) in [4.78, 5) is 3.69. The van der Waals surface area contributed by atoms with Crippen molar-refractivity contribution < 1.29 is 12.3 Å². The molecule has 0 saturated carbocycles. The highest BCUT2D eigenvalue weighted by Gasteiger charge is 2.13. The van der Waals surface area contributed by atoms with Gasteiger partial charge in [0, 0.05) is 29.2 Å². The fraction of sp³-hybridized carbons (Fsp3) is 0.444. The molecule has 0 saturated heterocycles. The summed E-state index contributed by atoms with van der Waals surface area (Å²) in [6.45, 7) is -9.77. The largest absolute Gasteiger partial charge is 0.263 e. The van der Waals surface area contributed by atoms with Crippen molar-refractivity contribution in [3.05, 3.63) is 28.5 Å². The van der Waals surface area contributed by atoms with Gasteiger partial charge in [0.15, 0.2) is 0 Å². The van der Waals surface area contributed by atoms with E-state index < -0.39 is 26.0 Å². The highest BCUT2D eigenvalue weighted by molar-refractivity contribution is 9.10. The van der Waals surface area contributed by atoms with Gasteiger partial charge in [-0.05, 0) is 33.0 Å². The summed E-state index contributed by atoms with van der Waals surface area (Å²) in [5.41, 5.74) is -3.36. The number of rotatable bonds is 0. The number of aromatic nitrogens is 1. The number of halogens is 1. The maximum atomic E-state index is 7.53. The van der Waals surface area contributed by atoms with Crippen molar-refractivity contribution in [2.45, 2.75) is 26.0 Å². The van der Waals surface area contributed by atoms with E-state index in [9.17, 15) is 0 Å². The van der Waals surface area contributed by atoms with Crippen LogP contribution in [0.1, 0.15) is 38.5 Å². The third kappa shape index (κ3) is 2.29. The Kier molecular flexibility index (Phi) is 0.683. The predicted molar refractivity (Wildman–Crippen MR) is 50.6 cm³/mol. The molecule has 0 atom stereocenters. The van der Waals surface area contributed by atoms with Crippen LogP contribution in [0, 0.1) is 0 Å². The zero-order valence-electron chi connectivity index (χ0n) is 14.6. The Morgan fingerprint density at radius 1 is 1.45 bits per heavy atom. The van der Waals surface area contributed by atoms with Crippen LogP contribution in [0.4, 0.5) is 0 Å². The van der Waals surface area contributed by atoms with Crippen LogP contribution < -0.4 is 0 Å². The van der Waals surface area contributed by atoms with Gasteiger partial charge in [0.05, 0.1) is 0 Å². The Morgan fingerprint density at radius 3 is 2.73 bits per heavy atom. The van der Waals surface area contributed by atoms with Gasteiger partial charge in [-0.3, -0.25) is 4.98 Å². The minimum absolute atomic E-state index is 0.303. The first-order chi connectivity index (χ1) is 8.75. The lowest BCUT2D eigenvalue weighted by atomic mass is 9.88. The van der Waals surface area contributed by atoms with Gasteiger partial charge in [0.25, 0.3) is 0 Å². The van der Waals surface area contributed by atoms with Crippen LogP contribution in [0.15, 0.2) is 22.9 Å². The highest BCUT2D eigenvalue weighted by atomic mass is 79.9. The van der Waals surface area contributed by atoms with Crippen molar-refractivity contribution in [2.24, 2.45) is 0 Å². The van der Waals surface area contributed by atoms with E-state index in [2.05, 4.69) is 20.9 Å². The Morgan fingerprint density at radius 2 is 2.18 bits per heavy atom. The van der Waals surface area contributed by atoms with Crippen LogP contribution in [0.5, 0.6) is 0 Å². The molecule has 0 aliphatic rings. The van der Waals surface area contributed by atoms with Crippen LogP contribution in [-0.2, 0) is 5.41 Å². The Labute approximate surface area is 88.6 Å². The maximum Gasteiger partial charge on any atom is 0.0410 e. The molecule has 1 heterocycles. The van der Waals surface area contributed by atoms with Crippen LogP contribution in [-0.4, -0.2) is 4.98 Å². The van der Waals surface area contributed by atoms with E-state index >= 15 is 0 Å². The zero-order chi connectivity index (χ0) is 16.0. The summed E-state index contributed by atoms with van der Waals surface area (Å²) in [6.07, 6.45) is 2.28. The van der Waals surface area contributed by atoms with Gasteiger partial charge in [-0.1, -0.05) is 20.6 Å². The molecule has 0 spiro atoms. The molecule has 1 aromatic rings. The van der Waals surface area contributed by atoms with Crippen molar-refractivity contribution in [3.8, 4) is 0 Å². The molecule has 0 radical (unpaired) electrons. The van der Waals surface area contributed by atoms with Crippen LogP contribution in [0.25, 0.3) is 0 Å². The van der Waals surface area contributed by atoms with Crippen molar-refractivity contribution in [2.75, 3.05) is 0 Å². The van der Waals surface area contributed by atoms with E-state index in [1.165, 1.54) is 6.20 Å². The normalized spacial score (nSPS) is 27.2. The van der Waals surface area contributed by atoms with Crippen molar-refractivity contribution >= 4 is 15.9 Å². The molecule has 11 heavy (non-hydrogen) atoms. The van der Waals surface area contributed by atoms with Crippen LogP contribution >= 0.6 is 15.9 Å². The predicted octanol–water partition coefficient (Wildman–Crippen LogP) is 3.14. The van der Waals surface area contributed by atoms with Gasteiger partial charge in [0.2, 0.25) is 0 Å². The van der Waals surface area contributed by atoms with Gasteiger partial charge >= 0.3 is 0 Å². The van der Waals surface area contributed by atoms with E-state index in [-0.39, 0.29) is 5.56 Å². The average molecular weight is 223 g/mol. The highest BCUT2D eigenvalue weighted by Crippen LogP contribution is 2.23. The number of nitrogens with zero attached hydrogens (tertiary/aromatic N) is 1. The second kappa shape index (κ2) is 2.94. The molecule has 0 fully saturated rings. The van der Waals surface area contributed by atoms with E-state index in [0.29, 0.717) is 4.47 Å². The van der Waals surface area contributed by atoms with Gasteiger partial charge < -0.3 is 0 Å². The van der Waals surface area contributed by atoms with Crippen molar-refractivity contribution in [1.29, 1.82) is 0 Å². The molecule has 0 amide bonds. The molecule has 2 heteroatoms. The number of hydrogen-bond acceptors (Lipinski definition) is 1. The molecular weight excluding hydrogens is 202 g/mol. The lowest BCUT2D eigenvalue weighted by Crippen LogP contribution is -2.11. The minimum atomic E-state index is -3.26. The minimum Gasteiger partial charge on any atom is -0.263 e. The molecule has 0 unspecified atom stereocenters. The number of hydrogen-bond donors (Lipinski definition) is 0. The standard InChI is InChI=1S/C9H12BrN/c1-9(2,3)7-4-8(10)6-11-5-7/h4-6H,1-3H3/i1D3,2D3,3D3. The van der Waals surface area contributed by atoms with Crippen LogP contribution in [0.3, 0.4) is 0 Å². The third-order valence-corrected chi connectivity index (χ3v) is 1.57. The third-order valence-electron chi connectivity index (χ3n) is 1.14. The molecule has 0 aliphatic carbocycles. The summed E-state index contributed by atoms with van der Waals surface area (Å²) in [6, 6.07) is 1.16. The Bertz CT molecular complexity index is 451. The van der Waals surface area contributed by atoms with Gasteiger partial charge in [-0.25, -0.2) is 0 Å². The molecular formula is C9H12BrN. The Hall–Kier alpha value is -0.370. The monoisotopic (exact) mass is 222 g/mol. The van der Waals surface area contributed by atoms with E-state index in [1.807, 2.05) is 0 Å². The molecule has 0 aromatic carbocycles. The molecule has 0 aliphatic heterocycles. The SMILES string of the molecule is [2H]C([2H])([2H])C(c1cncc(Br)c1)(C([2H])([2H])[2H])C([2H])([2H])[2H]. The average Bonchev–Trinajstić information content (AvgIpc) is 2.10. The smallest absolute Gasteiger partial charge is 0.0410 e. The molecule has 0 bridgehead atoms. The molecule has 1 nitrogen and oxygen atoms in total. The lowest BCUT2D eigenvalue weighted by Gasteiger charge is -2.18. The summed E-state index contributed by atoms with van der Waals surface area (Å²) < 4.78 is 68.0. The lowest BCUT2D eigenvalue weighted by molar-refractivity contribution is 0.587. The molecule has 1 rings (SSSR count). The van der Waals surface area contributed by atoms with Crippen LogP contribution in [0.2, 0.25) is 0 Å². The summed E-state index contributed by atoms with van der Waals surface area (Å²) >= 11 is 3.04. The van der Waals surface area contributed by atoms with Gasteiger partial charge in [0.1, 0.15) is 0 Å². The topological polar surface area (TPSA) is 12.9 Å². The van der Waals surface area contributed by atoms with Crippen molar-refractivity contribution in [1.82, 2.24) is 4.98 Å².